The number of carbonyl (C=O) groups is 1. The topological polar surface area (TPSA) is 124 Å². The van der Waals surface area contributed by atoms with Gasteiger partial charge < -0.3 is 4.42 Å². The molecule has 0 radical (unpaired) electrons. The van der Waals surface area contributed by atoms with Crippen molar-refractivity contribution >= 4 is 18.0 Å². The van der Waals surface area contributed by atoms with E-state index in [1.165, 1.54) is 18.3 Å². The number of nitrogens with two attached hydrogens (primary N) is 1. The molecule has 20 heavy (non-hydrogen) atoms. The molecule has 0 fully saturated rings. The average molecular weight is 284 g/mol. The molecule has 1 rings (SSSR count). The van der Waals surface area contributed by atoms with E-state index in [0.29, 0.717) is 13.1 Å². The third kappa shape index (κ3) is 4.44. The highest BCUT2D eigenvalue weighted by Gasteiger charge is 2.22. The summed E-state index contributed by atoms with van der Waals surface area (Å²) in [5.41, 5.74) is 2.30. The number of hydrogen-bond acceptors (Lipinski definition) is 6. The van der Waals surface area contributed by atoms with Gasteiger partial charge in [0, 0.05) is 0 Å². The number of nitrogens with zero attached hydrogens (tertiary/aromatic N) is 3. The van der Waals surface area contributed by atoms with Crippen LogP contribution in [0.3, 0.4) is 0 Å². The molecule has 1 heterocycles. The predicted molar refractivity (Wildman–Crippen MR) is 71.5 cm³/mol. The standard InChI is InChI=1S/C11H17N5O4/c1-3-16(12,4-2)8-10(17)14-13-7-9-5-6-11(20-9)15(18)19/h5-7H,3-4,8,12H2,1-2H3/p+1/b13-7+. The second-order valence-electron chi connectivity index (χ2n) is 4.24. The zero-order valence-corrected chi connectivity index (χ0v) is 11.4. The first-order valence-corrected chi connectivity index (χ1v) is 6.11. The van der Waals surface area contributed by atoms with Crippen molar-refractivity contribution in [1.82, 2.24) is 5.43 Å². The molecule has 0 aliphatic rings. The lowest BCUT2D eigenvalue weighted by atomic mass is 10.4. The molecule has 110 valence electrons. The van der Waals surface area contributed by atoms with Gasteiger partial charge in [0.15, 0.2) is 12.3 Å². The van der Waals surface area contributed by atoms with Crippen LogP contribution in [0, 0.1) is 10.1 Å². The molecule has 9 nitrogen and oxygen atoms in total. The minimum atomic E-state index is -0.654. The van der Waals surface area contributed by atoms with Gasteiger partial charge in [0.05, 0.1) is 25.4 Å². The zero-order valence-electron chi connectivity index (χ0n) is 11.4. The van der Waals surface area contributed by atoms with Crippen LogP contribution in [0.5, 0.6) is 0 Å². The Labute approximate surface area is 115 Å². The van der Waals surface area contributed by atoms with Crippen LogP contribution < -0.4 is 11.3 Å². The molecule has 0 bridgehead atoms. The average Bonchev–Trinajstić information content (AvgIpc) is 2.87. The van der Waals surface area contributed by atoms with Crippen molar-refractivity contribution in [3.8, 4) is 0 Å². The second kappa shape index (κ2) is 6.78. The van der Waals surface area contributed by atoms with Gasteiger partial charge in [0.2, 0.25) is 0 Å². The van der Waals surface area contributed by atoms with Crippen molar-refractivity contribution in [3.63, 3.8) is 0 Å². The summed E-state index contributed by atoms with van der Waals surface area (Å²) >= 11 is 0. The molecule has 1 amide bonds. The van der Waals surface area contributed by atoms with Crippen molar-refractivity contribution in [1.29, 1.82) is 0 Å². The van der Waals surface area contributed by atoms with E-state index in [-0.39, 0.29) is 28.7 Å². The van der Waals surface area contributed by atoms with Gasteiger partial charge in [0.25, 0.3) is 5.91 Å². The maximum Gasteiger partial charge on any atom is 0.433 e. The van der Waals surface area contributed by atoms with E-state index in [9.17, 15) is 14.9 Å². The maximum atomic E-state index is 11.6. The molecule has 9 heteroatoms. The number of nitrogens with one attached hydrogen (secondary N) is 1. The third-order valence-corrected chi connectivity index (χ3v) is 2.89. The number of likely N-dealkylation sites (N-methyl/N-ethyl adjacent to an activating group) is 1. The third-order valence-electron chi connectivity index (χ3n) is 2.89. The smallest absolute Gasteiger partial charge is 0.400 e. The molecule has 3 N–H and O–H groups in total. The van der Waals surface area contributed by atoms with Crippen LogP contribution in [0.4, 0.5) is 5.88 Å². The fourth-order valence-electron chi connectivity index (χ4n) is 1.45. The molecular weight excluding hydrogens is 266 g/mol. The van der Waals surface area contributed by atoms with E-state index >= 15 is 0 Å². The van der Waals surface area contributed by atoms with Crippen LogP contribution in [0.25, 0.3) is 0 Å². The monoisotopic (exact) mass is 284 g/mol. The van der Waals surface area contributed by atoms with Crippen molar-refractivity contribution in [3.05, 3.63) is 28.0 Å². The molecule has 0 saturated heterocycles. The number of nitro groups is 1. The lowest BCUT2D eigenvalue weighted by molar-refractivity contribution is -0.929. The molecule has 0 saturated carbocycles. The zero-order chi connectivity index (χ0) is 15.2. The minimum Gasteiger partial charge on any atom is -0.400 e. The van der Waals surface area contributed by atoms with E-state index < -0.39 is 4.92 Å². The molecule has 0 spiro atoms. The summed E-state index contributed by atoms with van der Waals surface area (Å²) in [6, 6.07) is 2.59. The van der Waals surface area contributed by atoms with Crippen LogP contribution in [-0.2, 0) is 4.79 Å². The van der Waals surface area contributed by atoms with Crippen LogP contribution in [0.1, 0.15) is 19.6 Å². The van der Waals surface area contributed by atoms with Crippen molar-refractivity contribution in [2.45, 2.75) is 13.8 Å². The number of hydrazone groups is 1. The number of furan rings is 1. The minimum absolute atomic E-state index is 0.0998. The summed E-state index contributed by atoms with van der Waals surface area (Å²) in [7, 11) is 0. The van der Waals surface area contributed by atoms with Gasteiger partial charge in [-0.25, -0.2) is 10.0 Å². The Kier molecular flexibility index (Phi) is 5.35. The quantitative estimate of drug-likeness (QED) is 0.246. The molecule has 0 unspecified atom stereocenters. The summed E-state index contributed by atoms with van der Waals surface area (Å²) < 4.78 is 4.96. The normalized spacial score (nSPS) is 11.8. The van der Waals surface area contributed by atoms with Crippen molar-refractivity contribution in [2.75, 3.05) is 19.6 Å². The summed E-state index contributed by atoms with van der Waals surface area (Å²) in [6.07, 6.45) is 1.19. The highest BCUT2D eigenvalue weighted by molar-refractivity contribution is 5.81. The Morgan fingerprint density at radius 1 is 1.55 bits per heavy atom. The predicted octanol–water partition coefficient (Wildman–Crippen LogP) is 0.368. The molecule has 0 aromatic carbocycles. The van der Waals surface area contributed by atoms with Crippen LogP contribution in [0.15, 0.2) is 21.7 Å². The van der Waals surface area contributed by atoms with E-state index in [4.69, 9.17) is 10.3 Å². The number of hydrogen-bond donors (Lipinski definition) is 2. The Morgan fingerprint density at radius 3 is 2.70 bits per heavy atom. The van der Waals surface area contributed by atoms with Gasteiger partial charge >= 0.3 is 5.88 Å². The van der Waals surface area contributed by atoms with Gasteiger partial charge in [-0.2, -0.15) is 10.9 Å². The SMILES string of the molecule is CC[N+](N)(CC)CC(=O)N/N=C/c1ccc([N+](=O)[O-])o1. The van der Waals surface area contributed by atoms with Gasteiger partial charge in [-0.3, -0.25) is 14.9 Å². The first kappa shape index (κ1) is 15.8. The van der Waals surface area contributed by atoms with E-state index in [1.807, 2.05) is 13.8 Å². The summed E-state index contributed by atoms with van der Waals surface area (Å²) in [5, 5.41) is 14.1. The molecule has 0 aliphatic carbocycles. The van der Waals surface area contributed by atoms with Gasteiger partial charge in [-0.05, 0) is 19.9 Å². The van der Waals surface area contributed by atoms with Crippen molar-refractivity contribution in [2.24, 2.45) is 10.9 Å². The first-order valence-electron chi connectivity index (χ1n) is 6.11. The largest absolute Gasteiger partial charge is 0.433 e. The Morgan fingerprint density at radius 2 is 2.20 bits per heavy atom. The molecule has 1 aromatic rings. The van der Waals surface area contributed by atoms with Crippen LogP contribution in [0.2, 0.25) is 0 Å². The summed E-state index contributed by atoms with van der Waals surface area (Å²) in [4.78, 5) is 21.4. The van der Waals surface area contributed by atoms with Crippen LogP contribution >= 0.6 is 0 Å². The number of carbonyl (C=O) groups excluding carboxylic acids is 1. The lowest BCUT2D eigenvalue weighted by Crippen LogP contribution is -2.58. The molecule has 1 aromatic heterocycles. The van der Waals surface area contributed by atoms with E-state index in [0.717, 1.165) is 0 Å². The maximum absolute atomic E-state index is 11.6. The van der Waals surface area contributed by atoms with E-state index in [2.05, 4.69) is 10.5 Å². The number of rotatable bonds is 7. The van der Waals surface area contributed by atoms with E-state index in [1.54, 1.807) is 0 Å². The Bertz CT molecular complexity index is 507. The lowest BCUT2D eigenvalue weighted by Gasteiger charge is -2.28. The highest BCUT2D eigenvalue weighted by Crippen LogP contribution is 2.13. The summed E-state index contributed by atoms with van der Waals surface area (Å²) in [5.74, 6) is 5.40. The highest BCUT2D eigenvalue weighted by atomic mass is 16.6. The molecule has 0 aliphatic heterocycles. The van der Waals surface area contributed by atoms with Gasteiger partial charge in [0.1, 0.15) is 4.92 Å². The van der Waals surface area contributed by atoms with Gasteiger partial charge in [-0.1, -0.05) is 0 Å². The number of quaternary nitrogens is 1. The Hall–Kier alpha value is -2.26. The molecular formula is C11H18N5O4+. The summed E-state index contributed by atoms with van der Waals surface area (Å²) in [6.45, 7) is 5.13. The van der Waals surface area contributed by atoms with Crippen LogP contribution in [-0.4, -0.2) is 41.3 Å². The molecule has 0 atom stereocenters. The number of amides is 1. The van der Waals surface area contributed by atoms with Gasteiger partial charge in [-0.15, -0.1) is 0 Å². The Balaban J connectivity index is 2.51. The van der Waals surface area contributed by atoms with Crippen molar-refractivity contribution < 1.29 is 18.7 Å². The fourth-order valence-corrected chi connectivity index (χ4v) is 1.45. The second-order valence-corrected chi connectivity index (χ2v) is 4.24. The first-order chi connectivity index (χ1) is 9.40. The fraction of sp³-hybridized carbons (Fsp3) is 0.455.